The van der Waals surface area contributed by atoms with E-state index in [1.54, 1.807) is 0 Å². The Balaban J connectivity index is 1.58. The van der Waals surface area contributed by atoms with Gasteiger partial charge in [0.25, 0.3) is 5.91 Å². The average molecular weight is 445 g/mol. The van der Waals surface area contributed by atoms with E-state index < -0.39 is 29.2 Å². The van der Waals surface area contributed by atoms with Crippen LogP contribution >= 0.6 is 0 Å². The van der Waals surface area contributed by atoms with Crippen molar-refractivity contribution in [2.45, 2.75) is 31.7 Å². The first-order chi connectivity index (χ1) is 15.4. The van der Waals surface area contributed by atoms with E-state index in [4.69, 9.17) is 0 Å². The summed E-state index contributed by atoms with van der Waals surface area (Å²) in [5, 5.41) is 12.7. The Labute approximate surface area is 180 Å². The fraction of sp³-hybridized carbons (Fsp3) is 0.227. The number of aromatic nitrogens is 2. The van der Waals surface area contributed by atoms with E-state index in [0.29, 0.717) is 5.69 Å². The molecule has 0 aliphatic heterocycles. The molecular weight excluding hydrogens is 426 g/mol. The summed E-state index contributed by atoms with van der Waals surface area (Å²) < 4.78 is 53.7. The lowest BCUT2D eigenvalue weighted by atomic mass is 10.1. The maximum Gasteiger partial charge on any atom is 0.280 e. The number of aliphatic imine (C=N–C) groups is 1. The minimum atomic E-state index is -1.15. The van der Waals surface area contributed by atoms with Crippen LogP contribution in [0.3, 0.4) is 0 Å². The van der Waals surface area contributed by atoms with Crippen molar-refractivity contribution >= 4 is 17.7 Å². The Morgan fingerprint density at radius 2 is 1.69 bits per heavy atom. The standard InChI is InChI=1S/C22H19F4N5O/c23-14-7-13(8-15(24)10-14)19-11-20(31-30-19)28-22(27-16-3-1-2-4-16)29-21(32)12-5-6-17(25)18(26)9-12/h5-11,16H,1-4H2,(H3,27,28,29,30,31,32). The minimum Gasteiger partial charge on any atom is -0.353 e. The van der Waals surface area contributed by atoms with Crippen LogP contribution in [0.2, 0.25) is 0 Å². The highest BCUT2D eigenvalue weighted by atomic mass is 19.2. The third kappa shape index (κ3) is 5.13. The molecule has 1 aliphatic rings. The fourth-order valence-electron chi connectivity index (χ4n) is 3.52. The van der Waals surface area contributed by atoms with Crippen molar-refractivity contribution in [2.75, 3.05) is 5.32 Å². The Kier molecular flexibility index (Phi) is 6.20. The molecule has 6 nitrogen and oxygen atoms in total. The number of nitrogens with zero attached hydrogens (tertiary/aromatic N) is 2. The lowest BCUT2D eigenvalue weighted by molar-refractivity contribution is 0.100. The quantitative estimate of drug-likeness (QED) is 0.307. The van der Waals surface area contributed by atoms with Gasteiger partial charge in [-0.2, -0.15) is 10.1 Å². The molecule has 0 bridgehead atoms. The second-order valence-electron chi connectivity index (χ2n) is 7.47. The maximum absolute atomic E-state index is 13.5. The van der Waals surface area contributed by atoms with Crippen LogP contribution in [0.15, 0.2) is 47.5 Å². The number of benzene rings is 2. The molecule has 166 valence electrons. The number of aromatic amines is 1. The van der Waals surface area contributed by atoms with Gasteiger partial charge in [0.1, 0.15) is 11.6 Å². The van der Waals surface area contributed by atoms with Crippen molar-refractivity contribution in [3.05, 3.63) is 71.3 Å². The lowest BCUT2D eigenvalue weighted by Gasteiger charge is -2.15. The fourth-order valence-corrected chi connectivity index (χ4v) is 3.52. The number of carbonyl (C=O) groups is 1. The summed E-state index contributed by atoms with van der Waals surface area (Å²) in [6.45, 7) is 0. The lowest BCUT2D eigenvalue weighted by Crippen LogP contribution is -2.38. The zero-order chi connectivity index (χ0) is 22.7. The van der Waals surface area contributed by atoms with Gasteiger partial charge in [-0.1, -0.05) is 12.8 Å². The topological polar surface area (TPSA) is 82.2 Å². The van der Waals surface area contributed by atoms with E-state index in [9.17, 15) is 22.4 Å². The third-order valence-corrected chi connectivity index (χ3v) is 5.07. The molecule has 0 spiro atoms. The van der Waals surface area contributed by atoms with E-state index in [-0.39, 0.29) is 28.9 Å². The largest absolute Gasteiger partial charge is 0.353 e. The molecule has 1 fully saturated rings. The summed E-state index contributed by atoms with van der Waals surface area (Å²) in [4.78, 5) is 16.5. The van der Waals surface area contributed by atoms with Gasteiger partial charge in [0.15, 0.2) is 17.5 Å². The molecule has 0 radical (unpaired) electrons. The number of nitrogens with one attached hydrogen (secondary N) is 3. The summed E-state index contributed by atoms with van der Waals surface area (Å²) >= 11 is 0. The molecule has 0 saturated heterocycles. The van der Waals surface area contributed by atoms with Crippen molar-refractivity contribution < 1.29 is 22.4 Å². The SMILES string of the molecule is O=C(/N=C(\Nc1cc(-c2cc(F)cc(F)c2)[nH]n1)NC1CCCC1)c1ccc(F)c(F)c1. The first-order valence-corrected chi connectivity index (χ1v) is 10.0. The number of rotatable bonds is 4. The molecule has 10 heteroatoms. The summed E-state index contributed by atoms with van der Waals surface area (Å²) in [6.07, 6.45) is 3.82. The highest BCUT2D eigenvalue weighted by Gasteiger charge is 2.19. The van der Waals surface area contributed by atoms with Crippen molar-refractivity contribution in [1.82, 2.24) is 15.5 Å². The number of hydrogen-bond donors (Lipinski definition) is 3. The van der Waals surface area contributed by atoms with Crippen molar-refractivity contribution in [1.29, 1.82) is 0 Å². The van der Waals surface area contributed by atoms with Gasteiger partial charge in [0.05, 0.1) is 5.69 Å². The van der Waals surface area contributed by atoms with Gasteiger partial charge < -0.3 is 10.6 Å². The first kappa shape index (κ1) is 21.5. The summed E-state index contributed by atoms with van der Waals surface area (Å²) in [5.74, 6) is -4.13. The molecule has 3 aromatic rings. The monoisotopic (exact) mass is 445 g/mol. The number of guanidine groups is 1. The minimum absolute atomic E-state index is 0.0785. The first-order valence-electron chi connectivity index (χ1n) is 10.0. The van der Waals surface area contributed by atoms with E-state index >= 15 is 0 Å². The number of halogens is 4. The summed E-state index contributed by atoms with van der Waals surface area (Å²) in [6, 6.07) is 7.42. The van der Waals surface area contributed by atoms with Gasteiger partial charge in [0.2, 0.25) is 5.96 Å². The van der Waals surface area contributed by atoms with Gasteiger partial charge in [0, 0.05) is 29.3 Å². The number of hydrogen-bond acceptors (Lipinski definition) is 2. The number of carbonyl (C=O) groups excluding carboxylic acids is 1. The second-order valence-corrected chi connectivity index (χ2v) is 7.47. The van der Waals surface area contributed by atoms with Crippen LogP contribution in [-0.2, 0) is 0 Å². The molecule has 0 unspecified atom stereocenters. The number of anilines is 1. The predicted octanol–water partition coefficient (Wildman–Crippen LogP) is 4.77. The van der Waals surface area contributed by atoms with E-state index in [1.807, 2.05) is 0 Å². The molecule has 32 heavy (non-hydrogen) atoms. The van der Waals surface area contributed by atoms with Gasteiger partial charge in [-0.05, 0) is 43.2 Å². The van der Waals surface area contributed by atoms with Gasteiger partial charge in [-0.25, -0.2) is 17.6 Å². The Morgan fingerprint density at radius 1 is 0.969 bits per heavy atom. The third-order valence-electron chi connectivity index (χ3n) is 5.07. The zero-order valence-electron chi connectivity index (χ0n) is 16.8. The second kappa shape index (κ2) is 9.21. The predicted molar refractivity (Wildman–Crippen MR) is 111 cm³/mol. The van der Waals surface area contributed by atoms with Crippen LogP contribution in [-0.4, -0.2) is 28.1 Å². The Hall–Kier alpha value is -3.69. The van der Waals surface area contributed by atoms with Gasteiger partial charge >= 0.3 is 0 Å². The maximum atomic E-state index is 13.5. The molecular formula is C22H19F4N5O. The molecule has 1 aliphatic carbocycles. The van der Waals surface area contributed by atoms with Crippen LogP contribution in [0.4, 0.5) is 23.4 Å². The van der Waals surface area contributed by atoms with E-state index in [2.05, 4.69) is 25.8 Å². The summed E-state index contributed by atoms with van der Waals surface area (Å²) in [5.41, 5.74) is 0.482. The molecule has 1 heterocycles. The van der Waals surface area contributed by atoms with Crippen molar-refractivity contribution in [2.24, 2.45) is 4.99 Å². The molecule has 0 atom stereocenters. The zero-order valence-corrected chi connectivity index (χ0v) is 16.8. The highest BCUT2D eigenvalue weighted by Crippen LogP contribution is 2.22. The number of amides is 1. The van der Waals surface area contributed by atoms with Crippen LogP contribution in [0, 0.1) is 23.3 Å². The molecule has 2 aromatic carbocycles. The van der Waals surface area contributed by atoms with Crippen molar-refractivity contribution in [3.63, 3.8) is 0 Å². The van der Waals surface area contributed by atoms with E-state index in [1.165, 1.54) is 6.07 Å². The molecule has 1 aromatic heterocycles. The Morgan fingerprint density at radius 3 is 2.38 bits per heavy atom. The van der Waals surface area contributed by atoms with Crippen LogP contribution in [0.1, 0.15) is 36.0 Å². The van der Waals surface area contributed by atoms with Crippen LogP contribution in [0.5, 0.6) is 0 Å². The van der Waals surface area contributed by atoms with Crippen LogP contribution < -0.4 is 10.6 Å². The Bertz CT molecular complexity index is 1150. The van der Waals surface area contributed by atoms with Gasteiger partial charge in [-0.3, -0.25) is 9.89 Å². The highest BCUT2D eigenvalue weighted by molar-refractivity contribution is 6.06. The molecule has 1 amide bonds. The molecule has 1 saturated carbocycles. The molecule has 3 N–H and O–H groups in total. The normalized spacial score (nSPS) is 14.6. The van der Waals surface area contributed by atoms with E-state index in [0.717, 1.165) is 62.1 Å². The average Bonchev–Trinajstić information content (AvgIpc) is 3.41. The number of H-pyrrole nitrogens is 1. The van der Waals surface area contributed by atoms with Crippen molar-refractivity contribution in [3.8, 4) is 11.3 Å². The smallest absolute Gasteiger partial charge is 0.280 e. The molecule has 4 rings (SSSR count). The summed E-state index contributed by atoms with van der Waals surface area (Å²) in [7, 11) is 0. The van der Waals surface area contributed by atoms with Gasteiger partial charge in [-0.15, -0.1) is 0 Å². The van der Waals surface area contributed by atoms with Crippen LogP contribution in [0.25, 0.3) is 11.3 Å².